The number of nitrogens with zero attached hydrogens (tertiary/aromatic N) is 3. The van der Waals surface area contributed by atoms with Gasteiger partial charge in [-0.1, -0.05) is 11.6 Å². The molecule has 2 aromatic heterocycles. The minimum absolute atomic E-state index is 0.0573. The lowest BCUT2D eigenvalue weighted by atomic mass is 9.97. The molecule has 0 aliphatic carbocycles. The molecule has 4 heterocycles. The Balaban J connectivity index is 1.24. The fourth-order valence-corrected chi connectivity index (χ4v) is 5.74. The van der Waals surface area contributed by atoms with Crippen molar-refractivity contribution in [2.24, 2.45) is 0 Å². The molecular weight excluding hydrogens is 422 g/mol. The number of piperidine rings is 1. The van der Waals surface area contributed by atoms with E-state index in [-0.39, 0.29) is 17.9 Å². The van der Waals surface area contributed by atoms with Crippen LogP contribution < -0.4 is 0 Å². The lowest BCUT2D eigenvalue weighted by Gasteiger charge is -2.34. The predicted octanol–water partition coefficient (Wildman–Crippen LogP) is 4.55. The van der Waals surface area contributed by atoms with Gasteiger partial charge in [-0.2, -0.15) is 0 Å². The van der Waals surface area contributed by atoms with Gasteiger partial charge in [0.15, 0.2) is 5.76 Å². The van der Waals surface area contributed by atoms with E-state index in [9.17, 15) is 9.59 Å². The molecule has 2 saturated heterocycles. The first-order valence-corrected chi connectivity index (χ1v) is 11.5. The summed E-state index contributed by atoms with van der Waals surface area (Å²) in [5.74, 6) is 0.514. The zero-order valence-electron chi connectivity index (χ0n) is 16.4. The third-order valence-electron chi connectivity index (χ3n) is 6.05. The van der Waals surface area contributed by atoms with E-state index in [0.717, 1.165) is 34.5 Å². The molecule has 3 aromatic rings. The Morgan fingerprint density at radius 3 is 2.73 bits per heavy atom. The maximum atomic E-state index is 13.2. The van der Waals surface area contributed by atoms with Crippen molar-refractivity contribution in [3.8, 4) is 0 Å². The Hall–Kier alpha value is -2.38. The molecule has 0 N–H and O–H groups in total. The largest absolute Gasteiger partial charge is 0.459 e. The zero-order chi connectivity index (χ0) is 20.7. The van der Waals surface area contributed by atoms with Crippen LogP contribution in [0.15, 0.2) is 41.0 Å². The molecule has 0 radical (unpaired) electrons. The monoisotopic (exact) mass is 443 g/mol. The molecule has 30 heavy (non-hydrogen) atoms. The number of hydrogen-bond donors (Lipinski definition) is 0. The normalized spacial score (nSPS) is 20.2. The molecule has 0 saturated carbocycles. The van der Waals surface area contributed by atoms with Gasteiger partial charge in [0.05, 0.1) is 21.5 Å². The number of rotatable bonds is 3. The molecular formula is C22H22ClN3O3S. The average molecular weight is 444 g/mol. The highest BCUT2D eigenvalue weighted by Crippen LogP contribution is 2.35. The van der Waals surface area contributed by atoms with Crippen molar-refractivity contribution in [1.82, 2.24) is 14.8 Å². The Morgan fingerprint density at radius 2 is 1.97 bits per heavy atom. The first-order chi connectivity index (χ1) is 14.6. The summed E-state index contributed by atoms with van der Waals surface area (Å²) in [5.41, 5.74) is 0.944. The summed E-state index contributed by atoms with van der Waals surface area (Å²) in [6.07, 6.45) is 4.81. The van der Waals surface area contributed by atoms with E-state index in [1.165, 1.54) is 6.26 Å². The number of aromatic nitrogens is 1. The standard InChI is InChI=1S/C22H22ClN3O3S/c23-15-5-6-19-16(13-15)24-20(30-19)14-7-10-25(11-8-14)21(27)17-3-1-9-26(17)22(28)18-4-2-12-29-18/h2,4-6,12-14,17H,1,3,7-11H2/t17-/m0/s1. The third kappa shape index (κ3) is 3.61. The number of amides is 2. The summed E-state index contributed by atoms with van der Waals surface area (Å²) < 4.78 is 6.39. The highest BCUT2D eigenvalue weighted by molar-refractivity contribution is 7.18. The first-order valence-electron chi connectivity index (χ1n) is 10.3. The number of hydrogen-bond acceptors (Lipinski definition) is 5. The van der Waals surface area contributed by atoms with Crippen molar-refractivity contribution in [3.05, 3.63) is 52.4 Å². The smallest absolute Gasteiger partial charge is 0.290 e. The van der Waals surface area contributed by atoms with Gasteiger partial charge in [0, 0.05) is 30.6 Å². The quantitative estimate of drug-likeness (QED) is 0.595. The minimum Gasteiger partial charge on any atom is -0.459 e. The van der Waals surface area contributed by atoms with Crippen molar-refractivity contribution in [1.29, 1.82) is 0 Å². The van der Waals surface area contributed by atoms with Crippen LogP contribution in [0.2, 0.25) is 5.02 Å². The Labute approximate surface area is 183 Å². The maximum Gasteiger partial charge on any atom is 0.290 e. The van der Waals surface area contributed by atoms with Gasteiger partial charge in [-0.3, -0.25) is 9.59 Å². The molecule has 0 spiro atoms. The van der Waals surface area contributed by atoms with E-state index in [1.807, 2.05) is 23.1 Å². The lowest BCUT2D eigenvalue weighted by molar-refractivity contribution is -0.136. The van der Waals surface area contributed by atoms with E-state index in [4.69, 9.17) is 21.0 Å². The topological polar surface area (TPSA) is 66.7 Å². The van der Waals surface area contributed by atoms with E-state index >= 15 is 0 Å². The van der Waals surface area contributed by atoms with Crippen molar-refractivity contribution in [2.45, 2.75) is 37.6 Å². The van der Waals surface area contributed by atoms with Crippen LogP contribution in [0.3, 0.4) is 0 Å². The van der Waals surface area contributed by atoms with E-state index < -0.39 is 0 Å². The molecule has 0 unspecified atom stereocenters. The highest BCUT2D eigenvalue weighted by atomic mass is 35.5. The second-order valence-corrected chi connectivity index (χ2v) is 9.40. The molecule has 5 rings (SSSR count). The molecule has 1 atom stereocenters. The summed E-state index contributed by atoms with van der Waals surface area (Å²) in [5, 5.41) is 1.82. The van der Waals surface area contributed by atoms with Gasteiger partial charge in [-0.05, 0) is 56.0 Å². The van der Waals surface area contributed by atoms with Crippen LogP contribution in [0.5, 0.6) is 0 Å². The van der Waals surface area contributed by atoms with E-state index in [0.29, 0.717) is 42.8 Å². The molecule has 6 nitrogen and oxygen atoms in total. The highest BCUT2D eigenvalue weighted by Gasteiger charge is 2.38. The number of fused-ring (bicyclic) bond motifs is 1. The number of furan rings is 1. The van der Waals surface area contributed by atoms with Gasteiger partial charge in [-0.25, -0.2) is 4.98 Å². The summed E-state index contributed by atoms with van der Waals surface area (Å²) in [6.45, 7) is 1.99. The molecule has 0 bridgehead atoms. The van der Waals surface area contributed by atoms with Crippen LogP contribution in [-0.2, 0) is 4.79 Å². The van der Waals surface area contributed by atoms with E-state index in [1.54, 1.807) is 28.4 Å². The zero-order valence-corrected chi connectivity index (χ0v) is 18.0. The number of carbonyl (C=O) groups is 2. The molecule has 2 fully saturated rings. The number of halogens is 1. The minimum atomic E-state index is -0.385. The van der Waals surface area contributed by atoms with Crippen molar-refractivity contribution < 1.29 is 14.0 Å². The summed E-state index contributed by atoms with van der Waals surface area (Å²) >= 11 is 7.80. The number of likely N-dealkylation sites (tertiary alicyclic amines) is 2. The van der Waals surface area contributed by atoms with Crippen molar-refractivity contribution >= 4 is 45.0 Å². The Morgan fingerprint density at radius 1 is 1.13 bits per heavy atom. The van der Waals surface area contributed by atoms with Crippen LogP contribution in [0.25, 0.3) is 10.2 Å². The summed E-state index contributed by atoms with van der Waals surface area (Å²) in [4.78, 5) is 34.2. The molecule has 2 aliphatic heterocycles. The third-order valence-corrected chi connectivity index (χ3v) is 7.49. The van der Waals surface area contributed by atoms with Gasteiger partial charge >= 0.3 is 0 Å². The van der Waals surface area contributed by atoms with Gasteiger partial charge in [-0.15, -0.1) is 11.3 Å². The first kappa shape index (κ1) is 19.6. The fourth-order valence-electron chi connectivity index (χ4n) is 4.46. The second kappa shape index (κ2) is 8.04. The molecule has 1 aromatic carbocycles. The van der Waals surface area contributed by atoms with Gasteiger partial charge in [0.2, 0.25) is 5.91 Å². The summed E-state index contributed by atoms with van der Waals surface area (Å²) in [7, 11) is 0. The second-order valence-electron chi connectivity index (χ2n) is 7.90. The lowest BCUT2D eigenvalue weighted by Crippen LogP contribution is -2.49. The van der Waals surface area contributed by atoms with Crippen LogP contribution in [-0.4, -0.2) is 52.3 Å². The number of thiazole rings is 1. The number of carbonyl (C=O) groups excluding carboxylic acids is 2. The van der Waals surface area contributed by atoms with Crippen LogP contribution in [0, 0.1) is 0 Å². The summed E-state index contributed by atoms with van der Waals surface area (Å²) in [6, 6.07) is 8.77. The van der Waals surface area contributed by atoms with Crippen LogP contribution in [0.4, 0.5) is 0 Å². The Kier molecular flexibility index (Phi) is 5.25. The van der Waals surface area contributed by atoms with Gasteiger partial charge in [0.1, 0.15) is 6.04 Å². The molecule has 2 aliphatic rings. The molecule has 8 heteroatoms. The SMILES string of the molecule is O=C([C@@H]1CCCN1C(=O)c1ccco1)N1CCC(c2nc3cc(Cl)ccc3s2)CC1. The van der Waals surface area contributed by atoms with Gasteiger partial charge in [0.25, 0.3) is 5.91 Å². The van der Waals surface area contributed by atoms with Crippen molar-refractivity contribution in [3.63, 3.8) is 0 Å². The fraction of sp³-hybridized carbons (Fsp3) is 0.409. The van der Waals surface area contributed by atoms with Gasteiger partial charge < -0.3 is 14.2 Å². The predicted molar refractivity (Wildman–Crippen MR) is 116 cm³/mol. The maximum absolute atomic E-state index is 13.2. The van der Waals surface area contributed by atoms with Crippen LogP contribution in [0.1, 0.15) is 47.2 Å². The number of benzene rings is 1. The average Bonchev–Trinajstić information content (AvgIpc) is 3.53. The molecule has 2 amide bonds. The Bertz CT molecular complexity index is 1070. The van der Waals surface area contributed by atoms with Crippen LogP contribution >= 0.6 is 22.9 Å². The van der Waals surface area contributed by atoms with Crippen molar-refractivity contribution in [2.75, 3.05) is 19.6 Å². The molecule has 156 valence electrons. The van der Waals surface area contributed by atoms with E-state index in [2.05, 4.69) is 0 Å².